The maximum atomic E-state index is 14.5. The van der Waals surface area contributed by atoms with Crippen molar-refractivity contribution in [2.75, 3.05) is 40.7 Å². The first-order valence-electron chi connectivity index (χ1n) is 22.6. The van der Waals surface area contributed by atoms with Gasteiger partial charge in [0.1, 0.15) is 29.3 Å². The molecule has 2 aliphatic carbocycles. The lowest BCUT2D eigenvalue weighted by molar-refractivity contribution is -0.147. The smallest absolute Gasteiger partial charge is 0.413 e. The molecule has 16 heteroatoms. The molecule has 0 unspecified atom stereocenters. The van der Waals surface area contributed by atoms with Gasteiger partial charge in [0.05, 0.1) is 54.8 Å². The van der Waals surface area contributed by atoms with E-state index in [0.29, 0.717) is 102 Å². The van der Waals surface area contributed by atoms with Gasteiger partial charge in [-0.3, -0.25) is 9.59 Å². The number of nitrogens with zero attached hydrogens (tertiary/aromatic N) is 5. The average Bonchev–Trinajstić information content (AvgIpc) is 3.66. The maximum absolute atomic E-state index is 14.5. The third-order valence-electron chi connectivity index (χ3n) is 13.5. The van der Waals surface area contributed by atoms with Crippen molar-refractivity contribution >= 4 is 34.7 Å². The number of hydrogen-bond donors (Lipinski definition) is 2. The fourth-order valence-electron chi connectivity index (χ4n) is 9.78. The maximum Gasteiger partial charge on any atom is 0.413 e. The van der Waals surface area contributed by atoms with E-state index < -0.39 is 17.6 Å². The second kappa shape index (κ2) is 17.6. The van der Waals surface area contributed by atoms with Crippen molar-refractivity contribution in [3.63, 3.8) is 0 Å². The van der Waals surface area contributed by atoms with Crippen molar-refractivity contribution in [3.8, 4) is 45.8 Å². The predicted molar refractivity (Wildman–Crippen MR) is 240 cm³/mol. The Bertz CT molecular complexity index is 2650. The minimum Gasteiger partial charge on any atom is -0.493 e. The molecule has 1 saturated heterocycles. The molecule has 3 fully saturated rings. The van der Waals surface area contributed by atoms with Gasteiger partial charge in [-0.25, -0.2) is 19.8 Å². The number of aromatic amines is 1. The van der Waals surface area contributed by atoms with E-state index >= 15 is 0 Å². The number of hydrogen-bond acceptors (Lipinski definition) is 12. The summed E-state index contributed by atoms with van der Waals surface area (Å²) in [5, 5.41) is 9.64. The van der Waals surface area contributed by atoms with Crippen LogP contribution in [0.1, 0.15) is 74.6 Å². The Morgan fingerprint density at radius 3 is 2.46 bits per heavy atom. The monoisotopic (exact) mass is 883 g/mol. The topological polar surface area (TPSA) is 179 Å². The summed E-state index contributed by atoms with van der Waals surface area (Å²) >= 11 is 0. The van der Waals surface area contributed by atoms with E-state index in [-0.39, 0.29) is 36.8 Å². The first-order chi connectivity index (χ1) is 31.7. The van der Waals surface area contributed by atoms with Crippen molar-refractivity contribution in [1.82, 2.24) is 30.2 Å². The first kappa shape index (κ1) is 42.1. The number of aryl methyl sites for hydroxylation is 1. The molecule has 16 nitrogen and oxygen atoms in total. The third kappa shape index (κ3) is 8.25. The van der Waals surface area contributed by atoms with E-state index in [2.05, 4.69) is 20.3 Å². The van der Waals surface area contributed by atoms with Gasteiger partial charge in [-0.1, -0.05) is 43.2 Å². The molecule has 3 amide bonds. The summed E-state index contributed by atoms with van der Waals surface area (Å²) in [5.41, 5.74) is 4.69. The molecule has 3 aliphatic heterocycles. The van der Waals surface area contributed by atoms with Gasteiger partial charge in [-0.15, -0.1) is 0 Å². The van der Waals surface area contributed by atoms with Crippen molar-refractivity contribution in [2.45, 2.75) is 83.2 Å². The molecule has 5 heterocycles. The van der Waals surface area contributed by atoms with Crippen LogP contribution in [-0.4, -0.2) is 101 Å². The van der Waals surface area contributed by atoms with E-state index in [9.17, 15) is 14.4 Å². The van der Waals surface area contributed by atoms with Crippen LogP contribution >= 0.6 is 0 Å². The number of fused-ring (bicyclic) bond motifs is 2. The zero-order valence-electron chi connectivity index (χ0n) is 36.9. The molecule has 2 aromatic heterocycles. The van der Waals surface area contributed by atoms with Crippen LogP contribution in [0.4, 0.5) is 4.79 Å². The highest BCUT2D eigenvalue weighted by molar-refractivity contribution is 6.06. The summed E-state index contributed by atoms with van der Waals surface area (Å²) in [4.78, 5) is 57.1. The number of carbonyl (C=O) groups excluding carboxylic acids is 3. The molecule has 0 radical (unpaired) electrons. The Morgan fingerprint density at radius 2 is 1.71 bits per heavy atom. The number of amides is 3. The predicted octanol–water partition coefficient (Wildman–Crippen LogP) is 7.36. The fourth-order valence-corrected chi connectivity index (χ4v) is 9.78. The molecular formula is C49H53N7O9. The Labute approximate surface area is 376 Å². The molecule has 65 heavy (non-hydrogen) atoms. The normalized spacial score (nSPS) is 18.4. The van der Waals surface area contributed by atoms with Gasteiger partial charge in [0, 0.05) is 31.5 Å². The van der Waals surface area contributed by atoms with E-state index in [1.54, 1.807) is 31.1 Å². The number of hydrazone groups is 1. The van der Waals surface area contributed by atoms with Crippen molar-refractivity contribution in [3.05, 3.63) is 83.8 Å². The molecule has 1 atom stereocenters. The van der Waals surface area contributed by atoms with E-state index in [1.165, 1.54) is 6.33 Å². The lowest BCUT2D eigenvalue weighted by Crippen LogP contribution is -2.56. The lowest BCUT2D eigenvalue weighted by Gasteiger charge is -2.43. The number of piperidine rings is 1. The summed E-state index contributed by atoms with van der Waals surface area (Å²) in [5.74, 6) is 3.48. The number of nitrogens with one attached hydrogen (secondary N) is 2. The SMILES string of the molecule is COc1ccc(C2=NN(C3CCN(C(=O)[C@@H](Cc4ccccc4)NC(=O)Oc4c(C)[nH]c5c(-c6c(OCC7CC7)ccc7c6OCO7)ncnc45)CC3)C(=O)C3(CCCC3)C2)cc1OC. The zero-order chi connectivity index (χ0) is 44.7. The molecule has 338 valence electrons. The van der Waals surface area contributed by atoms with Gasteiger partial charge in [0.2, 0.25) is 18.6 Å². The Kier molecular flexibility index (Phi) is 11.4. The number of rotatable bonds is 13. The highest BCUT2D eigenvalue weighted by Crippen LogP contribution is 2.50. The van der Waals surface area contributed by atoms with Crippen molar-refractivity contribution < 1.29 is 42.8 Å². The molecule has 5 aromatic rings. The zero-order valence-corrected chi connectivity index (χ0v) is 36.9. The molecule has 1 spiro atoms. The first-order valence-corrected chi connectivity index (χ1v) is 22.6. The molecular weight excluding hydrogens is 831 g/mol. The van der Waals surface area contributed by atoms with Gasteiger partial charge in [0.15, 0.2) is 28.7 Å². The summed E-state index contributed by atoms with van der Waals surface area (Å²) < 4.78 is 35.0. The highest BCUT2D eigenvalue weighted by atomic mass is 16.7. The largest absolute Gasteiger partial charge is 0.493 e. The summed E-state index contributed by atoms with van der Waals surface area (Å²) in [7, 11) is 3.21. The molecule has 10 rings (SSSR count). The Morgan fingerprint density at radius 1 is 0.938 bits per heavy atom. The van der Waals surface area contributed by atoms with Crippen LogP contribution in [0.25, 0.3) is 22.3 Å². The molecule has 0 bridgehead atoms. The minimum absolute atomic E-state index is 0.0671. The van der Waals surface area contributed by atoms with Gasteiger partial charge in [-0.05, 0) is 87.3 Å². The summed E-state index contributed by atoms with van der Waals surface area (Å²) in [6.45, 7) is 3.20. The standard InChI is InChI=1S/C49H53N7O9/c1-29-44(43-42(52-29)41(50-27-51-43)40-37(62-26-31-11-12-31)15-16-38-45(40)64-28-63-38)65-48(59)53-34(23-30-9-5-4-6-10-30)46(57)55-21-17-33(18-22-55)56-47(58)49(19-7-8-20-49)25-35(54-56)32-13-14-36(60-2)39(24-32)61-3/h4-6,9-10,13-16,24,27,31,33-34,52H,7-8,11-12,17-23,25-26,28H2,1-3H3,(H,53,59)/t34-/m1/s1. The van der Waals surface area contributed by atoms with Crippen molar-refractivity contribution in [1.29, 1.82) is 0 Å². The number of ether oxygens (including phenoxy) is 6. The quantitative estimate of drug-likeness (QED) is 0.121. The number of likely N-dealkylation sites (tertiary alicyclic amines) is 1. The molecule has 3 aromatic carbocycles. The van der Waals surface area contributed by atoms with E-state index in [0.717, 1.165) is 55.4 Å². The van der Waals surface area contributed by atoms with E-state index in [4.69, 9.17) is 33.5 Å². The Hall–Kier alpha value is -6.84. The van der Waals surface area contributed by atoms with Crippen LogP contribution in [0.2, 0.25) is 0 Å². The Balaban J connectivity index is 0.870. The number of benzene rings is 3. The van der Waals surface area contributed by atoms with Crippen LogP contribution in [0.15, 0.2) is 72.1 Å². The summed E-state index contributed by atoms with van der Waals surface area (Å²) in [6.07, 6.45) is 8.37. The van der Waals surface area contributed by atoms with Gasteiger partial charge in [-0.2, -0.15) is 5.10 Å². The average molecular weight is 884 g/mol. The highest BCUT2D eigenvalue weighted by Gasteiger charge is 2.49. The van der Waals surface area contributed by atoms with Gasteiger partial charge in [0.25, 0.3) is 0 Å². The number of carbonyl (C=O) groups is 3. The fraction of sp³-hybridized carbons (Fsp3) is 0.429. The molecule has 2 saturated carbocycles. The third-order valence-corrected chi connectivity index (χ3v) is 13.5. The number of methoxy groups -OCH3 is 2. The molecule has 2 N–H and O–H groups in total. The van der Waals surface area contributed by atoms with Crippen molar-refractivity contribution in [2.24, 2.45) is 16.4 Å². The van der Waals surface area contributed by atoms with Crippen LogP contribution in [-0.2, 0) is 16.0 Å². The minimum atomic E-state index is -0.944. The second-order valence-electron chi connectivity index (χ2n) is 17.7. The lowest BCUT2D eigenvalue weighted by atomic mass is 9.77. The van der Waals surface area contributed by atoms with Crippen LogP contribution < -0.4 is 33.7 Å². The van der Waals surface area contributed by atoms with Gasteiger partial charge >= 0.3 is 6.09 Å². The molecule has 5 aliphatic rings. The number of H-pyrrole nitrogens is 1. The number of aromatic nitrogens is 3. The van der Waals surface area contributed by atoms with Gasteiger partial charge < -0.3 is 43.6 Å². The summed E-state index contributed by atoms with van der Waals surface area (Å²) in [6, 6.07) is 17.9. The van der Waals surface area contributed by atoms with E-state index in [1.807, 2.05) is 60.7 Å². The van der Waals surface area contributed by atoms with Crippen LogP contribution in [0.5, 0.6) is 34.5 Å². The van der Waals surface area contributed by atoms with Crippen LogP contribution in [0, 0.1) is 18.3 Å². The van der Waals surface area contributed by atoms with Crippen LogP contribution in [0.3, 0.4) is 0 Å². The second-order valence-corrected chi connectivity index (χ2v) is 17.7.